The number of H-pyrrole nitrogens is 1. The van der Waals surface area contributed by atoms with Crippen LogP contribution in [0.5, 0.6) is 0 Å². The summed E-state index contributed by atoms with van der Waals surface area (Å²) in [5, 5.41) is 7.84. The molecule has 1 fully saturated rings. The molecule has 3 N–H and O–H groups in total. The molecule has 0 unspecified atom stereocenters. The molecule has 0 aliphatic carbocycles. The van der Waals surface area contributed by atoms with Crippen LogP contribution in [0, 0.1) is 5.82 Å². The van der Waals surface area contributed by atoms with Gasteiger partial charge in [-0.05, 0) is 41.8 Å². The second kappa shape index (κ2) is 9.63. The predicted molar refractivity (Wildman–Crippen MR) is 120 cm³/mol. The zero-order valence-corrected chi connectivity index (χ0v) is 17.2. The van der Waals surface area contributed by atoms with Gasteiger partial charge in [-0.2, -0.15) is 0 Å². The summed E-state index contributed by atoms with van der Waals surface area (Å²) < 4.78 is 18.8. The summed E-state index contributed by atoms with van der Waals surface area (Å²) in [5.74, 6) is 0.536. The van der Waals surface area contributed by atoms with Crippen molar-refractivity contribution in [2.45, 2.75) is 13.0 Å². The molecule has 2 heterocycles. The average molecular weight is 410 g/mol. The molecule has 158 valence electrons. The first kappa shape index (κ1) is 20.2. The number of aromatic nitrogens is 1. The number of nitrogens with one attached hydrogen (secondary N) is 3. The van der Waals surface area contributed by atoms with Gasteiger partial charge in [-0.25, -0.2) is 4.39 Å². The number of fused-ring (bicyclic) bond motifs is 1. The molecule has 1 aromatic heterocycles. The Labute approximate surface area is 176 Å². The van der Waals surface area contributed by atoms with Gasteiger partial charge in [-0.1, -0.05) is 18.2 Å². The minimum absolute atomic E-state index is 0.226. The highest BCUT2D eigenvalue weighted by molar-refractivity contribution is 5.83. The van der Waals surface area contributed by atoms with E-state index in [9.17, 15) is 4.39 Å². The van der Waals surface area contributed by atoms with Crippen molar-refractivity contribution in [1.29, 1.82) is 0 Å². The van der Waals surface area contributed by atoms with Crippen molar-refractivity contribution < 1.29 is 9.13 Å². The van der Waals surface area contributed by atoms with E-state index < -0.39 is 0 Å². The van der Waals surface area contributed by atoms with Gasteiger partial charge in [0.2, 0.25) is 0 Å². The molecule has 0 atom stereocenters. The summed E-state index contributed by atoms with van der Waals surface area (Å²) in [5.41, 5.74) is 4.47. The molecule has 2 aromatic carbocycles. The molecule has 3 aromatic rings. The zero-order valence-electron chi connectivity index (χ0n) is 17.2. The molecule has 1 saturated heterocycles. The summed E-state index contributed by atoms with van der Waals surface area (Å²) in [4.78, 5) is 9.85. The standard InChI is InChI=1S/C23H28FN5O/c1-25-23(26-9-8-17-15-27-21-14-19(24)6-7-20(17)21)28-16-18-4-2-3-5-22(18)29-10-12-30-13-11-29/h2-7,14-15,27H,8-13,16H2,1H3,(H2,25,26,28). The Hall–Kier alpha value is -3.06. The molecule has 0 bridgehead atoms. The van der Waals surface area contributed by atoms with E-state index >= 15 is 0 Å². The molecular weight excluding hydrogens is 381 g/mol. The number of benzene rings is 2. The fourth-order valence-electron chi connectivity index (χ4n) is 3.85. The van der Waals surface area contributed by atoms with Crippen LogP contribution in [0.2, 0.25) is 0 Å². The Kier molecular flexibility index (Phi) is 6.49. The van der Waals surface area contributed by atoms with Gasteiger partial charge >= 0.3 is 0 Å². The second-order valence-corrected chi connectivity index (χ2v) is 7.33. The molecule has 7 heteroatoms. The quantitative estimate of drug-likeness (QED) is 0.433. The number of hydrogen-bond donors (Lipinski definition) is 3. The van der Waals surface area contributed by atoms with Crippen LogP contribution in [0.25, 0.3) is 10.9 Å². The van der Waals surface area contributed by atoms with E-state index in [-0.39, 0.29) is 5.82 Å². The van der Waals surface area contributed by atoms with Gasteiger partial charge in [0, 0.05) is 56.0 Å². The average Bonchev–Trinajstić information content (AvgIpc) is 3.18. The van der Waals surface area contributed by atoms with Gasteiger partial charge in [-0.3, -0.25) is 4.99 Å². The summed E-state index contributed by atoms with van der Waals surface area (Å²) in [6, 6.07) is 13.3. The summed E-state index contributed by atoms with van der Waals surface area (Å²) in [7, 11) is 1.78. The Bertz CT molecular complexity index is 1010. The third-order valence-electron chi connectivity index (χ3n) is 5.43. The van der Waals surface area contributed by atoms with Crippen LogP contribution in [0.3, 0.4) is 0 Å². The normalized spacial score (nSPS) is 14.9. The molecule has 1 aliphatic rings. The number of ether oxygens (including phenoxy) is 1. The van der Waals surface area contributed by atoms with Crippen LogP contribution in [0.1, 0.15) is 11.1 Å². The van der Waals surface area contributed by atoms with Crippen LogP contribution in [-0.2, 0) is 17.7 Å². The SMILES string of the molecule is CN=C(NCCc1c[nH]c2cc(F)ccc12)NCc1ccccc1N1CCOCC1. The number of guanidine groups is 1. The highest BCUT2D eigenvalue weighted by Gasteiger charge is 2.14. The van der Waals surface area contributed by atoms with E-state index in [1.54, 1.807) is 7.05 Å². The number of morpholine rings is 1. The summed E-state index contributed by atoms with van der Waals surface area (Å²) in [6.45, 7) is 4.79. The van der Waals surface area contributed by atoms with E-state index in [4.69, 9.17) is 4.74 Å². The first-order chi connectivity index (χ1) is 14.7. The predicted octanol–water partition coefficient (Wildman–Crippen LogP) is 3.05. The maximum atomic E-state index is 13.4. The maximum absolute atomic E-state index is 13.4. The van der Waals surface area contributed by atoms with Gasteiger partial charge in [0.05, 0.1) is 13.2 Å². The smallest absolute Gasteiger partial charge is 0.191 e. The van der Waals surface area contributed by atoms with E-state index in [1.807, 2.05) is 12.3 Å². The minimum atomic E-state index is -0.226. The van der Waals surface area contributed by atoms with Crippen LogP contribution in [0.4, 0.5) is 10.1 Å². The molecule has 30 heavy (non-hydrogen) atoms. The Morgan fingerprint density at radius 3 is 2.80 bits per heavy atom. The van der Waals surface area contributed by atoms with Crippen molar-refractivity contribution in [2.24, 2.45) is 4.99 Å². The molecule has 0 saturated carbocycles. The zero-order chi connectivity index (χ0) is 20.8. The topological polar surface area (TPSA) is 64.7 Å². The van der Waals surface area contributed by atoms with Crippen molar-refractivity contribution >= 4 is 22.5 Å². The minimum Gasteiger partial charge on any atom is -0.378 e. The van der Waals surface area contributed by atoms with Crippen molar-refractivity contribution in [2.75, 3.05) is 44.8 Å². The number of anilines is 1. The van der Waals surface area contributed by atoms with Crippen molar-refractivity contribution in [1.82, 2.24) is 15.6 Å². The van der Waals surface area contributed by atoms with Gasteiger partial charge in [0.15, 0.2) is 5.96 Å². The van der Waals surface area contributed by atoms with Gasteiger partial charge in [0.1, 0.15) is 5.82 Å². The number of hydrogen-bond acceptors (Lipinski definition) is 3. The van der Waals surface area contributed by atoms with E-state index in [0.29, 0.717) is 6.54 Å². The highest BCUT2D eigenvalue weighted by Crippen LogP contribution is 2.21. The lowest BCUT2D eigenvalue weighted by atomic mass is 10.1. The lowest BCUT2D eigenvalue weighted by Gasteiger charge is -2.30. The molecule has 6 nitrogen and oxygen atoms in total. The van der Waals surface area contributed by atoms with Crippen LogP contribution < -0.4 is 15.5 Å². The second-order valence-electron chi connectivity index (χ2n) is 7.33. The van der Waals surface area contributed by atoms with Crippen LogP contribution in [-0.4, -0.2) is 50.8 Å². The molecule has 1 aliphatic heterocycles. The number of halogens is 1. The molecular formula is C23H28FN5O. The first-order valence-corrected chi connectivity index (χ1v) is 10.4. The van der Waals surface area contributed by atoms with Gasteiger partial charge < -0.3 is 25.3 Å². The number of aliphatic imine (C=N–C) groups is 1. The Morgan fingerprint density at radius 1 is 1.13 bits per heavy atom. The van der Waals surface area contributed by atoms with Crippen molar-refractivity contribution in [3.63, 3.8) is 0 Å². The number of nitrogens with zero attached hydrogens (tertiary/aromatic N) is 2. The summed E-state index contributed by atoms with van der Waals surface area (Å²) >= 11 is 0. The number of rotatable bonds is 6. The van der Waals surface area contributed by atoms with Gasteiger partial charge in [0.25, 0.3) is 0 Å². The number of aromatic amines is 1. The van der Waals surface area contributed by atoms with E-state index in [2.05, 4.69) is 49.8 Å². The van der Waals surface area contributed by atoms with Gasteiger partial charge in [-0.15, -0.1) is 0 Å². The Morgan fingerprint density at radius 2 is 1.97 bits per heavy atom. The van der Waals surface area contributed by atoms with Crippen molar-refractivity contribution in [3.05, 3.63) is 65.6 Å². The largest absolute Gasteiger partial charge is 0.378 e. The monoisotopic (exact) mass is 409 g/mol. The van der Waals surface area contributed by atoms with Crippen LogP contribution >= 0.6 is 0 Å². The fourth-order valence-corrected chi connectivity index (χ4v) is 3.85. The molecule has 4 rings (SSSR count). The fraction of sp³-hybridized carbons (Fsp3) is 0.348. The maximum Gasteiger partial charge on any atom is 0.191 e. The lowest BCUT2D eigenvalue weighted by molar-refractivity contribution is 0.122. The molecule has 0 spiro atoms. The van der Waals surface area contributed by atoms with Crippen LogP contribution in [0.15, 0.2) is 53.7 Å². The third-order valence-corrected chi connectivity index (χ3v) is 5.43. The first-order valence-electron chi connectivity index (χ1n) is 10.4. The molecule has 0 radical (unpaired) electrons. The van der Waals surface area contributed by atoms with Crippen molar-refractivity contribution in [3.8, 4) is 0 Å². The number of para-hydroxylation sites is 1. The van der Waals surface area contributed by atoms with E-state index in [0.717, 1.165) is 61.7 Å². The van der Waals surface area contributed by atoms with E-state index in [1.165, 1.54) is 23.4 Å². The summed E-state index contributed by atoms with van der Waals surface area (Å²) in [6.07, 6.45) is 2.76. The lowest BCUT2D eigenvalue weighted by Crippen LogP contribution is -2.39. The highest BCUT2D eigenvalue weighted by atomic mass is 19.1. The molecule has 0 amide bonds. The third kappa shape index (κ3) is 4.74. The Balaban J connectivity index is 1.32.